The molecular weight excluding hydrogens is 550 g/mol. The largest absolute Gasteiger partial charge is 0.436 e. The molecular formula is C29H22F6N4O2. The number of fused-ring (bicyclic) bond motifs is 1. The van der Waals surface area contributed by atoms with E-state index in [0.717, 1.165) is 5.56 Å². The number of hydrogen-bond donors (Lipinski definition) is 1. The highest BCUT2D eigenvalue weighted by molar-refractivity contribution is 5.39. The third-order valence-corrected chi connectivity index (χ3v) is 6.75. The van der Waals surface area contributed by atoms with Gasteiger partial charge in [0, 0.05) is 12.1 Å². The number of rotatable bonds is 6. The van der Waals surface area contributed by atoms with E-state index in [0.29, 0.717) is 11.1 Å². The Labute approximate surface area is 229 Å². The first-order chi connectivity index (χ1) is 19.4. The van der Waals surface area contributed by atoms with Gasteiger partial charge in [0.15, 0.2) is 17.5 Å². The standard InChI is InChI=1S/C29H22F6N4O2/c1-16(41-26-22(31)13-19(14-23(26)32)29(33,34)35)38-12-11-21-24(15-38)37-28(36)39(27(21)40)25(17-5-3-2-4-6-17)18-7-9-20(30)10-8-18/h2-10,13-14,25H,1,11-12,15H2,(H2,36,37). The van der Waals surface area contributed by atoms with Crippen molar-refractivity contribution >= 4 is 5.95 Å². The van der Waals surface area contributed by atoms with E-state index in [1.54, 1.807) is 24.3 Å². The second-order valence-corrected chi connectivity index (χ2v) is 9.37. The Bertz CT molecular complexity index is 1650. The number of halogens is 6. The van der Waals surface area contributed by atoms with Gasteiger partial charge in [-0.2, -0.15) is 13.2 Å². The fourth-order valence-corrected chi connectivity index (χ4v) is 4.76. The second-order valence-electron chi connectivity index (χ2n) is 9.37. The summed E-state index contributed by atoms with van der Waals surface area (Å²) in [5, 5.41) is 0. The lowest BCUT2D eigenvalue weighted by molar-refractivity contribution is -0.138. The summed E-state index contributed by atoms with van der Waals surface area (Å²) < 4.78 is 87.4. The number of nitrogens with zero attached hydrogens (tertiary/aromatic N) is 3. The Morgan fingerprint density at radius 2 is 1.59 bits per heavy atom. The molecule has 5 rings (SSSR count). The van der Waals surface area contributed by atoms with Crippen LogP contribution in [0.3, 0.4) is 0 Å². The van der Waals surface area contributed by atoms with Gasteiger partial charge in [-0.1, -0.05) is 42.5 Å². The van der Waals surface area contributed by atoms with Gasteiger partial charge in [0.25, 0.3) is 5.56 Å². The van der Waals surface area contributed by atoms with Crippen LogP contribution in [0.5, 0.6) is 5.75 Å². The van der Waals surface area contributed by atoms with Gasteiger partial charge in [0.05, 0.1) is 23.8 Å². The van der Waals surface area contributed by atoms with E-state index in [-0.39, 0.29) is 49.2 Å². The number of nitrogens with two attached hydrogens (primary N) is 1. The van der Waals surface area contributed by atoms with Crippen molar-refractivity contribution < 1.29 is 31.1 Å². The van der Waals surface area contributed by atoms with Gasteiger partial charge in [-0.25, -0.2) is 18.2 Å². The summed E-state index contributed by atoms with van der Waals surface area (Å²) in [6.45, 7) is 3.72. The molecule has 12 heteroatoms. The minimum atomic E-state index is -4.94. The van der Waals surface area contributed by atoms with Crippen LogP contribution in [-0.4, -0.2) is 21.0 Å². The van der Waals surface area contributed by atoms with Crippen LogP contribution >= 0.6 is 0 Å². The summed E-state index contributed by atoms with van der Waals surface area (Å²) in [6.07, 6.45) is -4.81. The molecule has 1 atom stereocenters. The first-order valence-electron chi connectivity index (χ1n) is 12.3. The molecule has 0 saturated heterocycles. The quantitative estimate of drug-likeness (QED) is 0.233. The molecule has 0 amide bonds. The number of alkyl halides is 3. The van der Waals surface area contributed by atoms with Crippen LogP contribution < -0.4 is 16.0 Å². The average Bonchev–Trinajstić information content (AvgIpc) is 2.93. The summed E-state index contributed by atoms with van der Waals surface area (Å²) in [7, 11) is 0. The van der Waals surface area contributed by atoms with E-state index in [1.165, 1.54) is 21.6 Å². The molecule has 0 bridgehead atoms. The van der Waals surface area contributed by atoms with Crippen molar-refractivity contribution in [3.63, 3.8) is 0 Å². The van der Waals surface area contributed by atoms with Crippen LogP contribution in [0.4, 0.5) is 32.3 Å². The summed E-state index contributed by atoms with van der Waals surface area (Å²) in [5.41, 5.74) is 6.33. The summed E-state index contributed by atoms with van der Waals surface area (Å²) in [5.74, 6) is -4.96. The fraction of sp³-hybridized carbons (Fsp3) is 0.172. The van der Waals surface area contributed by atoms with Crippen molar-refractivity contribution in [1.82, 2.24) is 14.5 Å². The molecule has 0 radical (unpaired) electrons. The molecule has 1 unspecified atom stereocenters. The van der Waals surface area contributed by atoms with Crippen LogP contribution in [-0.2, 0) is 19.1 Å². The van der Waals surface area contributed by atoms with Gasteiger partial charge in [-0.15, -0.1) is 0 Å². The van der Waals surface area contributed by atoms with Crippen LogP contribution in [0.1, 0.15) is 34.0 Å². The highest BCUT2D eigenvalue weighted by Crippen LogP contribution is 2.35. The van der Waals surface area contributed by atoms with Crippen molar-refractivity contribution in [3.05, 3.63) is 135 Å². The predicted molar refractivity (Wildman–Crippen MR) is 138 cm³/mol. The smallest absolute Gasteiger partial charge is 0.416 e. The van der Waals surface area contributed by atoms with E-state index in [9.17, 15) is 31.1 Å². The Hall–Kier alpha value is -4.74. The number of aromatic nitrogens is 2. The molecule has 4 aromatic rings. The maximum absolute atomic E-state index is 14.3. The van der Waals surface area contributed by atoms with Crippen LogP contribution in [0.2, 0.25) is 0 Å². The SMILES string of the molecule is C=C(Oc1c(F)cc(C(F)(F)F)cc1F)N1CCc2c(nc(N)n(C(c3ccccc3)c3ccc(F)cc3)c2=O)C1. The first kappa shape index (κ1) is 27.8. The van der Waals surface area contributed by atoms with Gasteiger partial charge in [-0.05, 0) is 48.4 Å². The highest BCUT2D eigenvalue weighted by Gasteiger charge is 2.34. The first-order valence-corrected chi connectivity index (χ1v) is 12.3. The normalized spacial score (nSPS) is 14.0. The molecule has 212 valence electrons. The van der Waals surface area contributed by atoms with Crippen LogP contribution in [0, 0.1) is 17.5 Å². The predicted octanol–water partition coefficient (Wildman–Crippen LogP) is 5.81. The van der Waals surface area contributed by atoms with Crippen molar-refractivity contribution in [3.8, 4) is 5.75 Å². The number of nitrogen functional groups attached to an aromatic ring is 1. The van der Waals surface area contributed by atoms with Crippen molar-refractivity contribution in [2.24, 2.45) is 0 Å². The van der Waals surface area contributed by atoms with Crippen molar-refractivity contribution in [1.29, 1.82) is 0 Å². The fourth-order valence-electron chi connectivity index (χ4n) is 4.76. The van der Waals surface area contributed by atoms with Gasteiger partial charge in [0.1, 0.15) is 5.82 Å². The lowest BCUT2D eigenvalue weighted by Crippen LogP contribution is -2.40. The van der Waals surface area contributed by atoms with E-state index in [2.05, 4.69) is 11.6 Å². The molecule has 3 aromatic carbocycles. The summed E-state index contributed by atoms with van der Waals surface area (Å²) in [4.78, 5) is 19.6. The maximum Gasteiger partial charge on any atom is 0.416 e. The Morgan fingerprint density at radius 1 is 0.976 bits per heavy atom. The molecule has 1 aliphatic heterocycles. The molecule has 0 fully saturated rings. The number of anilines is 1. The zero-order chi connectivity index (χ0) is 29.5. The number of hydrogen-bond acceptors (Lipinski definition) is 5. The molecule has 1 aliphatic rings. The zero-order valence-electron chi connectivity index (χ0n) is 21.3. The Kier molecular flexibility index (Phi) is 7.24. The Morgan fingerprint density at radius 3 is 2.20 bits per heavy atom. The molecule has 2 heterocycles. The third kappa shape index (κ3) is 5.49. The van der Waals surface area contributed by atoms with Crippen LogP contribution in [0.15, 0.2) is 84.0 Å². The molecule has 0 saturated carbocycles. The molecule has 1 aromatic heterocycles. The molecule has 6 nitrogen and oxygen atoms in total. The van der Waals surface area contributed by atoms with Crippen LogP contribution in [0.25, 0.3) is 0 Å². The number of benzene rings is 3. The third-order valence-electron chi connectivity index (χ3n) is 6.75. The lowest BCUT2D eigenvalue weighted by atomic mass is 9.97. The van der Waals surface area contributed by atoms with E-state index >= 15 is 0 Å². The monoisotopic (exact) mass is 572 g/mol. The molecule has 2 N–H and O–H groups in total. The highest BCUT2D eigenvalue weighted by atomic mass is 19.4. The van der Waals surface area contributed by atoms with Gasteiger partial charge in [0.2, 0.25) is 11.7 Å². The molecule has 0 spiro atoms. The second kappa shape index (κ2) is 10.7. The minimum Gasteiger partial charge on any atom is -0.436 e. The van der Waals surface area contributed by atoms with Gasteiger partial charge >= 0.3 is 6.18 Å². The summed E-state index contributed by atoms with van der Waals surface area (Å²) >= 11 is 0. The molecule has 41 heavy (non-hydrogen) atoms. The topological polar surface area (TPSA) is 73.4 Å². The zero-order valence-corrected chi connectivity index (χ0v) is 21.3. The lowest BCUT2D eigenvalue weighted by Gasteiger charge is -2.32. The van der Waals surface area contributed by atoms with E-state index < -0.39 is 46.5 Å². The maximum atomic E-state index is 14.3. The van der Waals surface area contributed by atoms with E-state index in [1.807, 2.05) is 18.2 Å². The van der Waals surface area contributed by atoms with Crippen molar-refractivity contribution in [2.75, 3.05) is 12.3 Å². The van der Waals surface area contributed by atoms with Crippen molar-refractivity contribution in [2.45, 2.75) is 25.2 Å². The van der Waals surface area contributed by atoms with Gasteiger partial charge in [-0.3, -0.25) is 9.36 Å². The van der Waals surface area contributed by atoms with E-state index in [4.69, 9.17) is 10.5 Å². The molecule has 0 aliphatic carbocycles. The van der Waals surface area contributed by atoms with Gasteiger partial charge < -0.3 is 15.4 Å². The number of ether oxygens (including phenoxy) is 1. The minimum absolute atomic E-state index is 0.0646. The summed E-state index contributed by atoms with van der Waals surface area (Å²) in [6, 6.07) is 14.3. The average molecular weight is 573 g/mol. The Balaban J connectivity index is 1.45.